The van der Waals surface area contributed by atoms with E-state index in [9.17, 15) is 9.59 Å². The summed E-state index contributed by atoms with van der Waals surface area (Å²) in [4.78, 5) is 33.1. The standard InChI is InChI=1S/C28H27N5O4/c1-36-21-11-9-20(10-12-21)33-26(34)15-13-23(27(33)22-6-3-4-7-24(22)37-2)28(35)31-19-8-14-25(29-18-19)32-17-5-16-30-32/h3-12,14,16-18,23,27H,13,15H2,1-2H3,(H,31,35)/t23-,27+/m0/s1. The molecule has 0 bridgehead atoms. The topological polar surface area (TPSA) is 98.6 Å². The van der Waals surface area contributed by atoms with Crippen molar-refractivity contribution in [2.24, 2.45) is 5.92 Å². The molecule has 9 nitrogen and oxygen atoms in total. The Morgan fingerprint density at radius 3 is 2.49 bits per heavy atom. The van der Waals surface area contributed by atoms with Crippen molar-refractivity contribution in [2.75, 3.05) is 24.4 Å². The summed E-state index contributed by atoms with van der Waals surface area (Å²) in [6, 6.07) is 19.6. The predicted octanol–water partition coefficient (Wildman–Crippen LogP) is 4.41. The van der Waals surface area contributed by atoms with E-state index in [1.54, 1.807) is 66.7 Å². The molecule has 0 saturated carbocycles. The predicted molar refractivity (Wildman–Crippen MR) is 139 cm³/mol. The van der Waals surface area contributed by atoms with E-state index in [4.69, 9.17) is 9.47 Å². The number of aromatic nitrogens is 3. The van der Waals surface area contributed by atoms with Crippen LogP contribution in [0.4, 0.5) is 11.4 Å². The van der Waals surface area contributed by atoms with Crippen LogP contribution in [0.3, 0.4) is 0 Å². The van der Waals surface area contributed by atoms with Gasteiger partial charge in [0.25, 0.3) is 0 Å². The highest BCUT2D eigenvalue weighted by atomic mass is 16.5. The van der Waals surface area contributed by atoms with Crippen molar-refractivity contribution in [3.05, 3.63) is 90.9 Å². The van der Waals surface area contributed by atoms with Crippen LogP contribution in [0.1, 0.15) is 24.4 Å². The number of hydrogen-bond donors (Lipinski definition) is 1. The fourth-order valence-electron chi connectivity index (χ4n) is 4.72. The average molecular weight is 498 g/mol. The number of carbonyl (C=O) groups excluding carboxylic acids is 2. The average Bonchev–Trinajstić information content (AvgIpc) is 3.48. The number of nitrogens with zero attached hydrogens (tertiary/aromatic N) is 4. The minimum absolute atomic E-state index is 0.0598. The molecule has 2 aromatic carbocycles. The monoisotopic (exact) mass is 497 g/mol. The SMILES string of the molecule is COc1ccc(N2C(=O)CC[C@H](C(=O)Nc3ccc(-n4cccn4)nc3)[C@H]2c2ccccc2OC)cc1. The molecule has 2 aromatic heterocycles. The molecule has 5 rings (SSSR count). The lowest BCUT2D eigenvalue weighted by Gasteiger charge is -2.41. The van der Waals surface area contributed by atoms with E-state index < -0.39 is 12.0 Å². The third-order valence-corrected chi connectivity index (χ3v) is 6.50. The van der Waals surface area contributed by atoms with Gasteiger partial charge in [0.2, 0.25) is 11.8 Å². The Morgan fingerprint density at radius 2 is 1.81 bits per heavy atom. The van der Waals surface area contributed by atoms with Crippen LogP contribution in [0.15, 0.2) is 85.3 Å². The van der Waals surface area contributed by atoms with Crippen molar-refractivity contribution >= 4 is 23.2 Å². The lowest BCUT2D eigenvalue weighted by molar-refractivity contribution is -0.126. The Balaban J connectivity index is 1.49. The molecule has 0 spiro atoms. The molecule has 0 aliphatic carbocycles. The van der Waals surface area contributed by atoms with Gasteiger partial charge in [0.1, 0.15) is 11.5 Å². The van der Waals surface area contributed by atoms with E-state index in [2.05, 4.69) is 15.4 Å². The van der Waals surface area contributed by atoms with Crippen LogP contribution < -0.4 is 19.7 Å². The third kappa shape index (κ3) is 4.88. The molecular weight excluding hydrogens is 470 g/mol. The van der Waals surface area contributed by atoms with Gasteiger partial charge in [-0.1, -0.05) is 18.2 Å². The molecular formula is C28H27N5O4. The summed E-state index contributed by atoms with van der Waals surface area (Å²) in [6.45, 7) is 0. The van der Waals surface area contributed by atoms with Gasteiger partial charge in [-0.15, -0.1) is 0 Å². The first-order chi connectivity index (χ1) is 18.1. The molecule has 2 amide bonds. The maximum Gasteiger partial charge on any atom is 0.229 e. The molecule has 188 valence electrons. The van der Waals surface area contributed by atoms with Crippen molar-refractivity contribution in [1.82, 2.24) is 14.8 Å². The van der Waals surface area contributed by atoms with Gasteiger partial charge in [0, 0.05) is 30.1 Å². The number of piperidine rings is 1. The highest BCUT2D eigenvalue weighted by molar-refractivity contribution is 6.00. The largest absolute Gasteiger partial charge is 0.497 e. The summed E-state index contributed by atoms with van der Waals surface area (Å²) in [6.07, 6.45) is 5.72. The number of hydrogen-bond acceptors (Lipinski definition) is 6. The Labute approximate surface area is 214 Å². The van der Waals surface area contributed by atoms with Gasteiger partial charge in [-0.3, -0.25) is 9.59 Å². The summed E-state index contributed by atoms with van der Waals surface area (Å²) in [5.74, 6) is 1.16. The van der Waals surface area contributed by atoms with Gasteiger partial charge in [-0.05, 0) is 55.0 Å². The zero-order valence-corrected chi connectivity index (χ0v) is 20.6. The van der Waals surface area contributed by atoms with Gasteiger partial charge in [0.05, 0.1) is 38.1 Å². The number of ether oxygens (including phenoxy) is 2. The van der Waals surface area contributed by atoms with Crippen molar-refractivity contribution in [3.8, 4) is 17.3 Å². The normalized spacial score (nSPS) is 17.4. The smallest absolute Gasteiger partial charge is 0.229 e. The van der Waals surface area contributed by atoms with Crippen LogP contribution >= 0.6 is 0 Å². The molecule has 1 N–H and O–H groups in total. The highest BCUT2D eigenvalue weighted by Gasteiger charge is 2.42. The van der Waals surface area contributed by atoms with E-state index in [1.165, 1.54) is 0 Å². The van der Waals surface area contributed by atoms with E-state index in [-0.39, 0.29) is 18.2 Å². The fourth-order valence-corrected chi connectivity index (χ4v) is 4.72. The fraction of sp³-hybridized carbons (Fsp3) is 0.214. The molecule has 1 aliphatic heterocycles. The number of rotatable bonds is 7. The minimum atomic E-state index is -0.567. The van der Waals surface area contributed by atoms with Crippen LogP contribution in [-0.4, -0.2) is 40.8 Å². The molecule has 2 atom stereocenters. The molecule has 4 aromatic rings. The first kappa shape index (κ1) is 24.1. The van der Waals surface area contributed by atoms with Crippen molar-refractivity contribution in [1.29, 1.82) is 0 Å². The van der Waals surface area contributed by atoms with Gasteiger partial charge in [0.15, 0.2) is 5.82 Å². The first-order valence-corrected chi connectivity index (χ1v) is 11.9. The number of para-hydroxylation sites is 1. The molecule has 3 heterocycles. The van der Waals surface area contributed by atoms with Crippen molar-refractivity contribution in [2.45, 2.75) is 18.9 Å². The number of nitrogens with one attached hydrogen (secondary N) is 1. The summed E-state index contributed by atoms with van der Waals surface area (Å²) < 4.78 is 12.6. The second kappa shape index (κ2) is 10.5. The molecule has 0 radical (unpaired) electrons. The zero-order valence-electron chi connectivity index (χ0n) is 20.6. The second-order valence-electron chi connectivity index (χ2n) is 8.64. The minimum Gasteiger partial charge on any atom is -0.497 e. The van der Waals surface area contributed by atoms with E-state index in [0.717, 1.165) is 5.56 Å². The number of benzene rings is 2. The van der Waals surface area contributed by atoms with Crippen LogP contribution in [0, 0.1) is 5.92 Å². The second-order valence-corrected chi connectivity index (χ2v) is 8.64. The van der Waals surface area contributed by atoms with Crippen molar-refractivity contribution < 1.29 is 19.1 Å². The highest BCUT2D eigenvalue weighted by Crippen LogP contribution is 2.43. The van der Waals surface area contributed by atoms with Gasteiger partial charge in [-0.25, -0.2) is 9.67 Å². The maximum absolute atomic E-state index is 13.7. The lowest BCUT2D eigenvalue weighted by atomic mass is 9.82. The lowest BCUT2D eigenvalue weighted by Crippen LogP contribution is -2.47. The van der Waals surface area contributed by atoms with E-state index >= 15 is 0 Å². The number of amides is 2. The Morgan fingerprint density at radius 1 is 1.00 bits per heavy atom. The Bertz CT molecular complexity index is 1370. The molecule has 37 heavy (non-hydrogen) atoms. The third-order valence-electron chi connectivity index (χ3n) is 6.50. The molecule has 1 saturated heterocycles. The zero-order chi connectivity index (χ0) is 25.8. The number of carbonyl (C=O) groups is 2. The molecule has 0 unspecified atom stereocenters. The summed E-state index contributed by atoms with van der Waals surface area (Å²) >= 11 is 0. The van der Waals surface area contributed by atoms with Gasteiger partial charge >= 0.3 is 0 Å². The van der Waals surface area contributed by atoms with E-state index in [1.807, 2.05) is 42.5 Å². The Kier molecular flexibility index (Phi) is 6.85. The molecule has 1 aliphatic rings. The quantitative estimate of drug-likeness (QED) is 0.406. The number of methoxy groups -OCH3 is 2. The number of anilines is 2. The summed E-state index contributed by atoms with van der Waals surface area (Å²) in [5, 5.41) is 7.17. The summed E-state index contributed by atoms with van der Waals surface area (Å²) in [7, 11) is 3.18. The van der Waals surface area contributed by atoms with Crippen LogP contribution in [0.5, 0.6) is 11.5 Å². The summed E-state index contributed by atoms with van der Waals surface area (Å²) in [5.41, 5.74) is 2.01. The van der Waals surface area contributed by atoms with Crippen LogP contribution in [0.2, 0.25) is 0 Å². The van der Waals surface area contributed by atoms with Crippen LogP contribution in [0.25, 0.3) is 5.82 Å². The van der Waals surface area contributed by atoms with E-state index in [0.29, 0.717) is 35.1 Å². The molecule has 1 fully saturated rings. The first-order valence-electron chi connectivity index (χ1n) is 11.9. The molecule has 9 heteroatoms. The van der Waals surface area contributed by atoms with Gasteiger partial charge < -0.3 is 19.7 Å². The maximum atomic E-state index is 13.7. The number of pyridine rings is 1. The van der Waals surface area contributed by atoms with Gasteiger partial charge in [-0.2, -0.15) is 5.10 Å². The Hall–Kier alpha value is -4.66. The van der Waals surface area contributed by atoms with Crippen LogP contribution in [-0.2, 0) is 9.59 Å². The van der Waals surface area contributed by atoms with Crippen molar-refractivity contribution in [3.63, 3.8) is 0 Å².